The Balaban J connectivity index is 1.27. The summed E-state index contributed by atoms with van der Waals surface area (Å²) in [5.74, 6) is 1.81. The van der Waals surface area contributed by atoms with Crippen LogP contribution in [0, 0.1) is 0 Å². The maximum absolute atomic E-state index is 4.67. The van der Waals surface area contributed by atoms with E-state index in [-0.39, 0.29) is 0 Å². The van der Waals surface area contributed by atoms with Gasteiger partial charge in [-0.1, -0.05) is 42.5 Å². The molecule has 0 spiro atoms. The lowest BCUT2D eigenvalue weighted by Crippen LogP contribution is -2.47. The molecule has 0 bridgehead atoms. The molecule has 0 unspecified atom stereocenters. The molecule has 1 aliphatic heterocycles. The number of anilines is 2. The van der Waals surface area contributed by atoms with Crippen molar-refractivity contribution in [1.29, 1.82) is 0 Å². The van der Waals surface area contributed by atoms with Gasteiger partial charge in [0.25, 0.3) is 0 Å². The van der Waals surface area contributed by atoms with E-state index in [1.807, 2.05) is 18.3 Å². The van der Waals surface area contributed by atoms with E-state index >= 15 is 0 Å². The lowest BCUT2D eigenvalue weighted by Gasteiger charge is -2.34. The van der Waals surface area contributed by atoms with Gasteiger partial charge in [-0.15, -0.1) is 0 Å². The van der Waals surface area contributed by atoms with Crippen molar-refractivity contribution in [1.82, 2.24) is 14.9 Å². The summed E-state index contributed by atoms with van der Waals surface area (Å²) in [7, 11) is 0. The molecule has 1 aliphatic carbocycles. The fourth-order valence-corrected chi connectivity index (χ4v) is 3.05. The summed E-state index contributed by atoms with van der Waals surface area (Å²) < 4.78 is 0. The van der Waals surface area contributed by atoms with Gasteiger partial charge in [-0.05, 0) is 24.5 Å². The average molecular weight is 335 g/mol. The third kappa shape index (κ3) is 4.57. The molecule has 0 radical (unpaired) electrons. The Morgan fingerprint density at radius 3 is 2.60 bits per heavy atom. The molecule has 2 aromatic rings. The standard InChI is InChI=1S/C20H25N5/c1-2-5-17(6-3-1)7-4-12-24-13-15-25(16-14-24)20-21-11-10-19(23-20)22-18-8-9-18/h1-7,10-11,18H,8-9,12-16H2,(H,21,22,23)/b7-4+. The second-order valence-electron chi connectivity index (χ2n) is 6.76. The Bertz CT molecular complexity index is 703. The minimum atomic E-state index is 0.621. The molecule has 25 heavy (non-hydrogen) atoms. The highest BCUT2D eigenvalue weighted by atomic mass is 15.3. The number of nitrogens with zero attached hydrogens (tertiary/aromatic N) is 4. The van der Waals surface area contributed by atoms with E-state index < -0.39 is 0 Å². The van der Waals surface area contributed by atoms with Gasteiger partial charge in [-0.2, -0.15) is 4.98 Å². The average Bonchev–Trinajstić information content (AvgIpc) is 3.47. The van der Waals surface area contributed by atoms with Crippen molar-refractivity contribution in [2.24, 2.45) is 0 Å². The van der Waals surface area contributed by atoms with Gasteiger partial charge in [0.05, 0.1) is 0 Å². The molecular weight excluding hydrogens is 310 g/mol. The van der Waals surface area contributed by atoms with Crippen LogP contribution in [0.4, 0.5) is 11.8 Å². The number of aromatic nitrogens is 2. The first kappa shape index (κ1) is 16.1. The lowest BCUT2D eigenvalue weighted by molar-refractivity contribution is 0.283. The third-order valence-electron chi connectivity index (χ3n) is 4.70. The molecule has 1 saturated heterocycles. The van der Waals surface area contributed by atoms with Gasteiger partial charge in [0.2, 0.25) is 5.95 Å². The molecule has 1 saturated carbocycles. The van der Waals surface area contributed by atoms with Gasteiger partial charge in [0.1, 0.15) is 5.82 Å². The topological polar surface area (TPSA) is 44.3 Å². The first-order valence-electron chi connectivity index (χ1n) is 9.15. The molecule has 2 heterocycles. The third-order valence-corrected chi connectivity index (χ3v) is 4.70. The number of nitrogens with one attached hydrogen (secondary N) is 1. The second kappa shape index (κ2) is 7.66. The van der Waals surface area contributed by atoms with Crippen molar-refractivity contribution in [3.63, 3.8) is 0 Å². The highest BCUT2D eigenvalue weighted by molar-refractivity contribution is 5.49. The Kier molecular flexibility index (Phi) is 4.93. The Morgan fingerprint density at radius 1 is 1.04 bits per heavy atom. The summed E-state index contributed by atoms with van der Waals surface area (Å²) in [5.41, 5.74) is 1.26. The minimum Gasteiger partial charge on any atom is -0.367 e. The maximum Gasteiger partial charge on any atom is 0.227 e. The van der Waals surface area contributed by atoms with E-state index in [1.54, 1.807) is 0 Å². The van der Waals surface area contributed by atoms with Crippen LogP contribution in [0.15, 0.2) is 48.7 Å². The molecule has 0 amide bonds. The number of piperazine rings is 1. The van der Waals surface area contributed by atoms with E-state index in [0.717, 1.165) is 44.5 Å². The van der Waals surface area contributed by atoms with Crippen molar-refractivity contribution in [3.8, 4) is 0 Å². The Hall–Kier alpha value is -2.40. The van der Waals surface area contributed by atoms with Gasteiger partial charge in [-0.3, -0.25) is 4.90 Å². The fourth-order valence-electron chi connectivity index (χ4n) is 3.05. The molecular formula is C20H25N5. The van der Waals surface area contributed by atoms with Crippen molar-refractivity contribution in [2.75, 3.05) is 42.9 Å². The van der Waals surface area contributed by atoms with Crippen LogP contribution in [0.5, 0.6) is 0 Å². The molecule has 2 aliphatic rings. The molecule has 4 rings (SSSR count). The van der Waals surface area contributed by atoms with Gasteiger partial charge < -0.3 is 10.2 Å². The number of rotatable bonds is 6. The molecule has 1 aromatic carbocycles. The summed E-state index contributed by atoms with van der Waals surface area (Å²) in [4.78, 5) is 13.9. The zero-order chi connectivity index (χ0) is 16.9. The Labute approximate surface area is 149 Å². The zero-order valence-electron chi connectivity index (χ0n) is 14.5. The van der Waals surface area contributed by atoms with Gasteiger partial charge in [0.15, 0.2) is 0 Å². The Morgan fingerprint density at radius 2 is 1.84 bits per heavy atom. The van der Waals surface area contributed by atoms with Crippen molar-refractivity contribution >= 4 is 17.8 Å². The summed E-state index contributed by atoms with van der Waals surface area (Å²) in [6.07, 6.45) is 8.83. The number of hydrogen-bond acceptors (Lipinski definition) is 5. The summed E-state index contributed by atoms with van der Waals surface area (Å²) >= 11 is 0. The van der Waals surface area contributed by atoms with Crippen LogP contribution in [0.25, 0.3) is 6.08 Å². The second-order valence-corrected chi connectivity index (χ2v) is 6.76. The van der Waals surface area contributed by atoms with E-state index in [4.69, 9.17) is 0 Å². The predicted molar refractivity (Wildman–Crippen MR) is 103 cm³/mol. The predicted octanol–water partition coefficient (Wildman–Crippen LogP) is 2.89. The minimum absolute atomic E-state index is 0.621. The number of hydrogen-bond donors (Lipinski definition) is 1. The van der Waals surface area contributed by atoms with Crippen molar-refractivity contribution < 1.29 is 0 Å². The fraction of sp³-hybridized carbons (Fsp3) is 0.400. The molecule has 0 atom stereocenters. The van der Waals surface area contributed by atoms with Crippen LogP contribution in [-0.2, 0) is 0 Å². The van der Waals surface area contributed by atoms with Gasteiger partial charge in [-0.25, -0.2) is 4.98 Å². The highest BCUT2D eigenvalue weighted by Gasteiger charge is 2.22. The van der Waals surface area contributed by atoms with E-state index in [2.05, 4.69) is 61.5 Å². The zero-order valence-corrected chi connectivity index (χ0v) is 14.5. The van der Waals surface area contributed by atoms with E-state index in [1.165, 1.54) is 18.4 Å². The quantitative estimate of drug-likeness (QED) is 0.879. The summed E-state index contributed by atoms with van der Waals surface area (Å²) in [5, 5.41) is 3.45. The van der Waals surface area contributed by atoms with Crippen LogP contribution < -0.4 is 10.2 Å². The first-order valence-corrected chi connectivity index (χ1v) is 9.15. The van der Waals surface area contributed by atoms with Crippen LogP contribution in [-0.4, -0.2) is 53.6 Å². The molecule has 2 fully saturated rings. The van der Waals surface area contributed by atoms with Crippen LogP contribution in [0.1, 0.15) is 18.4 Å². The van der Waals surface area contributed by atoms with Crippen LogP contribution in [0.2, 0.25) is 0 Å². The number of benzene rings is 1. The summed E-state index contributed by atoms with van der Waals surface area (Å²) in [6, 6.07) is 13.1. The molecule has 1 aromatic heterocycles. The first-order chi connectivity index (χ1) is 12.4. The molecule has 5 nitrogen and oxygen atoms in total. The van der Waals surface area contributed by atoms with E-state index in [0.29, 0.717) is 6.04 Å². The monoisotopic (exact) mass is 335 g/mol. The molecule has 130 valence electrons. The highest BCUT2D eigenvalue weighted by Crippen LogP contribution is 2.24. The van der Waals surface area contributed by atoms with Crippen LogP contribution in [0.3, 0.4) is 0 Å². The van der Waals surface area contributed by atoms with E-state index in [9.17, 15) is 0 Å². The van der Waals surface area contributed by atoms with Crippen molar-refractivity contribution in [2.45, 2.75) is 18.9 Å². The largest absolute Gasteiger partial charge is 0.367 e. The smallest absolute Gasteiger partial charge is 0.227 e. The SMILES string of the molecule is C(=C\c1ccccc1)/CN1CCN(c2nccc(NC3CC3)n2)CC1. The molecule has 5 heteroatoms. The normalized spacial score (nSPS) is 18.6. The summed E-state index contributed by atoms with van der Waals surface area (Å²) in [6.45, 7) is 5.04. The van der Waals surface area contributed by atoms with Gasteiger partial charge >= 0.3 is 0 Å². The van der Waals surface area contributed by atoms with Gasteiger partial charge in [0, 0.05) is 45.0 Å². The molecule has 1 N–H and O–H groups in total. The van der Waals surface area contributed by atoms with Crippen LogP contribution >= 0.6 is 0 Å². The van der Waals surface area contributed by atoms with Crippen molar-refractivity contribution in [3.05, 3.63) is 54.2 Å². The lowest BCUT2D eigenvalue weighted by atomic mass is 10.2. The maximum atomic E-state index is 4.67.